The second-order valence-corrected chi connectivity index (χ2v) is 6.73. The zero-order valence-corrected chi connectivity index (χ0v) is 13.7. The summed E-state index contributed by atoms with van der Waals surface area (Å²) in [4.78, 5) is 4.94. The van der Waals surface area contributed by atoms with Crippen LogP contribution in [-0.2, 0) is 11.3 Å². The molecule has 0 amide bonds. The number of rotatable bonds is 4. The van der Waals surface area contributed by atoms with Crippen LogP contribution >= 0.6 is 23.2 Å². The summed E-state index contributed by atoms with van der Waals surface area (Å²) < 4.78 is 5.72. The first kappa shape index (κ1) is 15.6. The zero-order valence-electron chi connectivity index (χ0n) is 12.2. The van der Waals surface area contributed by atoms with Gasteiger partial charge in [-0.25, -0.2) is 0 Å². The lowest BCUT2D eigenvalue weighted by molar-refractivity contribution is 0.0489. The fraction of sp³-hybridized carbons (Fsp3) is 0.625. The molecule has 21 heavy (non-hydrogen) atoms. The van der Waals surface area contributed by atoms with E-state index in [0.717, 1.165) is 61.5 Å². The third-order valence-corrected chi connectivity index (χ3v) is 5.10. The topological polar surface area (TPSA) is 15.7 Å². The first-order chi connectivity index (χ1) is 10.2. The highest BCUT2D eigenvalue weighted by Crippen LogP contribution is 2.26. The second-order valence-electron chi connectivity index (χ2n) is 5.91. The highest BCUT2D eigenvalue weighted by molar-refractivity contribution is 6.35. The fourth-order valence-electron chi connectivity index (χ4n) is 3.11. The van der Waals surface area contributed by atoms with Crippen molar-refractivity contribution in [1.29, 1.82) is 0 Å². The molecule has 2 heterocycles. The zero-order chi connectivity index (χ0) is 14.7. The van der Waals surface area contributed by atoms with E-state index in [4.69, 9.17) is 27.9 Å². The first-order valence-corrected chi connectivity index (χ1v) is 8.47. The highest BCUT2D eigenvalue weighted by atomic mass is 35.5. The van der Waals surface area contributed by atoms with Gasteiger partial charge in [-0.3, -0.25) is 9.80 Å². The van der Waals surface area contributed by atoms with E-state index < -0.39 is 0 Å². The number of hydrogen-bond donors (Lipinski definition) is 0. The minimum Gasteiger partial charge on any atom is -0.377 e. The summed E-state index contributed by atoms with van der Waals surface area (Å²) in [5.41, 5.74) is 1.05. The maximum atomic E-state index is 6.25. The Balaban J connectivity index is 1.49. The van der Waals surface area contributed by atoms with E-state index in [1.807, 2.05) is 18.2 Å². The molecule has 2 aliphatic heterocycles. The van der Waals surface area contributed by atoms with Gasteiger partial charge in [0.25, 0.3) is 0 Å². The predicted molar refractivity (Wildman–Crippen MR) is 87.2 cm³/mol. The van der Waals surface area contributed by atoms with Crippen LogP contribution < -0.4 is 0 Å². The molecule has 1 aromatic rings. The third-order valence-electron chi connectivity index (χ3n) is 4.39. The Labute approximate surface area is 136 Å². The maximum Gasteiger partial charge on any atom is 0.0702 e. The normalized spacial score (nSPS) is 24.6. The van der Waals surface area contributed by atoms with Crippen LogP contribution in [0, 0.1) is 0 Å². The molecule has 116 valence electrons. The molecule has 2 saturated heterocycles. The largest absolute Gasteiger partial charge is 0.377 e. The molecule has 0 N–H and O–H groups in total. The van der Waals surface area contributed by atoms with Crippen molar-refractivity contribution in [1.82, 2.24) is 9.80 Å². The molecular weight excluding hydrogens is 307 g/mol. The summed E-state index contributed by atoms with van der Waals surface area (Å²) in [5.74, 6) is 0. The molecule has 0 aromatic heterocycles. The van der Waals surface area contributed by atoms with Gasteiger partial charge < -0.3 is 4.74 Å². The highest BCUT2D eigenvalue weighted by Gasteiger charge is 2.23. The van der Waals surface area contributed by atoms with Crippen LogP contribution in [-0.4, -0.2) is 55.2 Å². The van der Waals surface area contributed by atoms with Gasteiger partial charge >= 0.3 is 0 Å². The SMILES string of the molecule is Clc1cccc(Cl)c1CN1CCN(C[C@@H]2CCCO2)CC1. The molecule has 2 fully saturated rings. The van der Waals surface area contributed by atoms with Gasteiger partial charge in [-0.1, -0.05) is 29.3 Å². The van der Waals surface area contributed by atoms with Crippen LogP contribution in [0.5, 0.6) is 0 Å². The van der Waals surface area contributed by atoms with Gasteiger partial charge in [0.1, 0.15) is 0 Å². The molecule has 0 radical (unpaired) electrons. The lowest BCUT2D eigenvalue weighted by Crippen LogP contribution is -2.48. The Hall–Kier alpha value is -0.320. The molecule has 1 atom stereocenters. The Morgan fingerprint density at radius 2 is 1.71 bits per heavy atom. The lowest BCUT2D eigenvalue weighted by Gasteiger charge is -2.36. The van der Waals surface area contributed by atoms with Crippen molar-refractivity contribution in [2.45, 2.75) is 25.5 Å². The summed E-state index contributed by atoms with van der Waals surface area (Å²) in [7, 11) is 0. The van der Waals surface area contributed by atoms with E-state index in [1.54, 1.807) is 0 Å². The van der Waals surface area contributed by atoms with Gasteiger partial charge in [0.2, 0.25) is 0 Å². The summed E-state index contributed by atoms with van der Waals surface area (Å²) >= 11 is 12.5. The van der Waals surface area contributed by atoms with Crippen LogP contribution in [0.1, 0.15) is 18.4 Å². The van der Waals surface area contributed by atoms with Crippen molar-refractivity contribution < 1.29 is 4.74 Å². The van der Waals surface area contributed by atoms with E-state index >= 15 is 0 Å². The number of piperazine rings is 1. The lowest BCUT2D eigenvalue weighted by atomic mass is 10.1. The van der Waals surface area contributed by atoms with E-state index in [9.17, 15) is 0 Å². The van der Waals surface area contributed by atoms with Crippen molar-refractivity contribution in [2.24, 2.45) is 0 Å². The molecule has 0 unspecified atom stereocenters. The number of ether oxygens (including phenoxy) is 1. The van der Waals surface area contributed by atoms with Crippen LogP contribution in [0.4, 0.5) is 0 Å². The quantitative estimate of drug-likeness (QED) is 0.843. The second kappa shape index (κ2) is 7.30. The smallest absolute Gasteiger partial charge is 0.0702 e. The van der Waals surface area contributed by atoms with Crippen molar-refractivity contribution in [3.63, 3.8) is 0 Å². The Kier molecular flexibility index (Phi) is 5.41. The third kappa shape index (κ3) is 4.11. The Morgan fingerprint density at radius 1 is 1.05 bits per heavy atom. The van der Waals surface area contributed by atoms with Gasteiger partial charge in [0.15, 0.2) is 0 Å². The van der Waals surface area contributed by atoms with Gasteiger partial charge in [0, 0.05) is 61.5 Å². The molecule has 1 aromatic carbocycles. The standard InChI is InChI=1S/C16H22Cl2N2O/c17-15-4-1-5-16(18)14(15)12-20-8-6-19(7-9-20)11-13-3-2-10-21-13/h1,4-5,13H,2-3,6-12H2/t13-/m0/s1. The molecule has 3 rings (SSSR count). The summed E-state index contributed by atoms with van der Waals surface area (Å²) in [6, 6.07) is 5.72. The van der Waals surface area contributed by atoms with Crippen LogP contribution in [0.15, 0.2) is 18.2 Å². The number of benzene rings is 1. The van der Waals surface area contributed by atoms with Gasteiger partial charge in [-0.05, 0) is 25.0 Å². The predicted octanol–water partition coefficient (Wildman–Crippen LogP) is 3.29. The average molecular weight is 329 g/mol. The summed E-state index contributed by atoms with van der Waals surface area (Å²) in [6.45, 7) is 7.19. The van der Waals surface area contributed by atoms with Crippen molar-refractivity contribution in [3.8, 4) is 0 Å². The molecule has 2 aliphatic rings. The van der Waals surface area contributed by atoms with Gasteiger partial charge in [-0.2, -0.15) is 0 Å². The summed E-state index contributed by atoms with van der Waals surface area (Å²) in [6.07, 6.45) is 2.89. The van der Waals surface area contributed by atoms with Crippen molar-refractivity contribution in [2.75, 3.05) is 39.3 Å². The number of nitrogens with zero attached hydrogens (tertiary/aromatic N) is 2. The molecular formula is C16H22Cl2N2O. The van der Waals surface area contributed by atoms with Crippen molar-refractivity contribution in [3.05, 3.63) is 33.8 Å². The minimum absolute atomic E-state index is 0.453. The van der Waals surface area contributed by atoms with Gasteiger partial charge in [0.05, 0.1) is 6.10 Å². The molecule has 0 saturated carbocycles. The number of hydrogen-bond acceptors (Lipinski definition) is 3. The van der Waals surface area contributed by atoms with Crippen LogP contribution in [0.3, 0.4) is 0 Å². The molecule has 0 aliphatic carbocycles. The molecule has 5 heteroatoms. The first-order valence-electron chi connectivity index (χ1n) is 7.71. The van der Waals surface area contributed by atoms with E-state index in [1.165, 1.54) is 12.8 Å². The van der Waals surface area contributed by atoms with E-state index in [0.29, 0.717) is 6.10 Å². The van der Waals surface area contributed by atoms with Crippen LogP contribution in [0.2, 0.25) is 10.0 Å². The van der Waals surface area contributed by atoms with E-state index in [-0.39, 0.29) is 0 Å². The fourth-order valence-corrected chi connectivity index (χ4v) is 3.63. The minimum atomic E-state index is 0.453. The molecule has 3 nitrogen and oxygen atoms in total. The molecule has 0 bridgehead atoms. The average Bonchev–Trinajstić information content (AvgIpc) is 2.98. The van der Waals surface area contributed by atoms with Crippen molar-refractivity contribution >= 4 is 23.2 Å². The Morgan fingerprint density at radius 3 is 2.33 bits per heavy atom. The van der Waals surface area contributed by atoms with Gasteiger partial charge in [-0.15, -0.1) is 0 Å². The molecule has 0 spiro atoms. The summed E-state index contributed by atoms with van der Waals surface area (Å²) in [5, 5.41) is 1.54. The number of halogens is 2. The van der Waals surface area contributed by atoms with Crippen LogP contribution in [0.25, 0.3) is 0 Å². The monoisotopic (exact) mass is 328 g/mol. The van der Waals surface area contributed by atoms with E-state index in [2.05, 4.69) is 9.80 Å². The Bertz CT molecular complexity index is 449. The maximum absolute atomic E-state index is 6.25.